The van der Waals surface area contributed by atoms with Crippen molar-refractivity contribution >= 4 is 0 Å². The molecule has 3 heteroatoms. The summed E-state index contributed by atoms with van der Waals surface area (Å²) in [5.74, 6) is -1.43. The van der Waals surface area contributed by atoms with Gasteiger partial charge in [0.1, 0.15) is 0 Å². The first-order chi connectivity index (χ1) is 9.58. The third-order valence-corrected chi connectivity index (χ3v) is 3.99. The predicted molar refractivity (Wildman–Crippen MR) is 79.2 cm³/mol. The van der Waals surface area contributed by atoms with Crippen molar-refractivity contribution in [2.24, 2.45) is 0 Å². The molecule has 0 spiro atoms. The summed E-state index contributed by atoms with van der Waals surface area (Å²) in [6, 6.07) is 10.1. The number of benzene rings is 1. The van der Waals surface area contributed by atoms with Gasteiger partial charge in [0.25, 0.3) is 5.97 Å². The van der Waals surface area contributed by atoms with E-state index in [4.69, 9.17) is 9.47 Å². The van der Waals surface area contributed by atoms with Crippen LogP contribution in [0.5, 0.6) is 0 Å². The van der Waals surface area contributed by atoms with E-state index in [1.165, 1.54) is 0 Å². The van der Waals surface area contributed by atoms with Crippen LogP contribution in [0.15, 0.2) is 30.3 Å². The van der Waals surface area contributed by atoms with Gasteiger partial charge < -0.3 is 14.6 Å². The Labute approximate surface area is 121 Å². The van der Waals surface area contributed by atoms with Crippen molar-refractivity contribution in [2.45, 2.75) is 63.9 Å². The molecule has 1 aromatic rings. The molecule has 0 aliphatic carbocycles. The minimum atomic E-state index is -1.43. The van der Waals surface area contributed by atoms with Crippen LogP contribution in [0.25, 0.3) is 0 Å². The highest BCUT2D eigenvalue weighted by Gasteiger charge is 2.40. The summed E-state index contributed by atoms with van der Waals surface area (Å²) in [7, 11) is 0. The van der Waals surface area contributed by atoms with Crippen molar-refractivity contribution in [3.63, 3.8) is 0 Å². The highest BCUT2D eigenvalue weighted by molar-refractivity contribution is 5.21. The minimum Gasteiger partial charge on any atom is -0.343 e. The molecule has 0 saturated carbocycles. The van der Waals surface area contributed by atoms with E-state index in [9.17, 15) is 5.11 Å². The molecule has 0 amide bonds. The highest BCUT2D eigenvalue weighted by Crippen LogP contribution is 2.37. The summed E-state index contributed by atoms with van der Waals surface area (Å²) >= 11 is 0. The van der Waals surface area contributed by atoms with Gasteiger partial charge in [0.15, 0.2) is 0 Å². The van der Waals surface area contributed by atoms with Crippen LogP contribution in [0.4, 0.5) is 0 Å². The molecule has 2 rings (SSSR count). The van der Waals surface area contributed by atoms with Gasteiger partial charge in [0, 0.05) is 6.42 Å². The molecule has 112 valence electrons. The van der Waals surface area contributed by atoms with E-state index in [1.54, 1.807) is 0 Å². The Morgan fingerprint density at radius 1 is 1.30 bits per heavy atom. The predicted octanol–water partition coefficient (Wildman–Crippen LogP) is 3.96. The maximum absolute atomic E-state index is 10.5. The number of unbranched alkanes of at least 4 members (excludes halogenated alkanes) is 1. The van der Waals surface area contributed by atoms with Crippen molar-refractivity contribution in [1.29, 1.82) is 0 Å². The van der Waals surface area contributed by atoms with Crippen LogP contribution in [-0.4, -0.2) is 17.7 Å². The van der Waals surface area contributed by atoms with Gasteiger partial charge in [-0.3, -0.25) is 0 Å². The molecule has 1 aliphatic heterocycles. The van der Waals surface area contributed by atoms with Gasteiger partial charge in [-0.15, -0.1) is 0 Å². The van der Waals surface area contributed by atoms with Crippen LogP contribution in [0.1, 0.15) is 57.9 Å². The zero-order valence-corrected chi connectivity index (χ0v) is 12.6. The zero-order chi connectivity index (χ0) is 14.5. The Kier molecular flexibility index (Phi) is 5.19. The number of rotatable bonds is 6. The molecule has 2 atom stereocenters. The van der Waals surface area contributed by atoms with Crippen LogP contribution in [0.3, 0.4) is 0 Å². The minimum absolute atomic E-state index is 0.511. The van der Waals surface area contributed by atoms with E-state index >= 15 is 0 Å². The molecule has 1 saturated heterocycles. The SMILES string of the molecule is CCCCC(C)(OC1(O)CCCCO1)c1ccccc1. The molecular formula is C17H26O3. The van der Waals surface area contributed by atoms with Crippen molar-refractivity contribution in [1.82, 2.24) is 0 Å². The van der Waals surface area contributed by atoms with Gasteiger partial charge in [-0.2, -0.15) is 0 Å². The lowest BCUT2D eigenvalue weighted by molar-refractivity contribution is -0.408. The lowest BCUT2D eigenvalue weighted by Gasteiger charge is -2.41. The first-order valence-corrected chi connectivity index (χ1v) is 7.70. The summed E-state index contributed by atoms with van der Waals surface area (Å²) < 4.78 is 11.6. The normalized spacial score (nSPS) is 26.1. The number of ether oxygens (including phenoxy) is 2. The van der Waals surface area contributed by atoms with Crippen molar-refractivity contribution in [3.05, 3.63) is 35.9 Å². The first kappa shape index (κ1) is 15.5. The van der Waals surface area contributed by atoms with Crippen LogP contribution in [0, 0.1) is 0 Å². The molecule has 1 N–H and O–H groups in total. The second-order valence-electron chi connectivity index (χ2n) is 5.82. The summed E-state index contributed by atoms with van der Waals surface area (Å²) in [5, 5.41) is 10.5. The van der Waals surface area contributed by atoms with Gasteiger partial charge >= 0.3 is 0 Å². The van der Waals surface area contributed by atoms with Gasteiger partial charge in [0.05, 0.1) is 12.2 Å². The highest BCUT2D eigenvalue weighted by atomic mass is 16.8. The van der Waals surface area contributed by atoms with Crippen molar-refractivity contribution < 1.29 is 14.6 Å². The summed E-state index contributed by atoms with van der Waals surface area (Å²) in [4.78, 5) is 0. The molecule has 3 nitrogen and oxygen atoms in total. The van der Waals surface area contributed by atoms with E-state index < -0.39 is 11.6 Å². The molecule has 1 aliphatic rings. The van der Waals surface area contributed by atoms with E-state index in [-0.39, 0.29) is 0 Å². The molecule has 1 aromatic carbocycles. The zero-order valence-electron chi connectivity index (χ0n) is 12.6. The Morgan fingerprint density at radius 3 is 2.65 bits per heavy atom. The molecular weight excluding hydrogens is 252 g/mol. The molecule has 1 heterocycles. The van der Waals surface area contributed by atoms with E-state index in [0.717, 1.165) is 37.7 Å². The van der Waals surface area contributed by atoms with Crippen LogP contribution in [-0.2, 0) is 15.1 Å². The molecule has 0 radical (unpaired) electrons. The summed E-state index contributed by atoms with van der Waals surface area (Å²) in [5.41, 5.74) is 0.583. The molecule has 0 aromatic heterocycles. The van der Waals surface area contributed by atoms with E-state index in [2.05, 4.69) is 19.1 Å². The quantitative estimate of drug-likeness (QED) is 0.801. The van der Waals surface area contributed by atoms with Gasteiger partial charge in [-0.05, 0) is 31.7 Å². The van der Waals surface area contributed by atoms with Crippen LogP contribution in [0.2, 0.25) is 0 Å². The Bertz CT molecular complexity index is 398. The fourth-order valence-electron chi connectivity index (χ4n) is 2.75. The summed E-state index contributed by atoms with van der Waals surface area (Å²) in [6.07, 6.45) is 5.51. The topological polar surface area (TPSA) is 38.7 Å². The van der Waals surface area contributed by atoms with Crippen LogP contribution < -0.4 is 0 Å². The van der Waals surface area contributed by atoms with Gasteiger partial charge in [-0.25, -0.2) is 0 Å². The van der Waals surface area contributed by atoms with Crippen molar-refractivity contribution in [2.75, 3.05) is 6.61 Å². The van der Waals surface area contributed by atoms with Crippen molar-refractivity contribution in [3.8, 4) is 0 Å². The first-order valence-electron chi connectivity index (χ1n) is 7.70. The lowest BCUT2D eigenvalue weighted by atomic mass is 9.90. The number of hydrogen-bond acceptors (Lipinski definition) is 3. The molecule has 2 unspecified atom stereocenters. The third-order valence-electron chi connectivity index (χ3n) is 3.99. The fraction of sp³-hybridized carbons (Fsp3) is 0.647. The Morgan fingerprint density at radius 2 is 2.05 bits per heavy atom. The maximum Gasteiger partial charge on any atom is 0.281 e. The smallest absolute Gasteiger partial charge is 0.281 e. The average Bonchev–Trinajstić information content (AvgIpc) is 2.46. The van der Waals surface area contributed by atoms with Gasteiger partial charge in [0.2, 0.25) is 0 Å². The average molecular weight is 278 g/mol. The van der Waals surface area contributed by atoms with Gasteiger partial charge in [-0.1, -0.05) is 50.1 Å². The molecule has 1 fully saturated rings. The molecule has 0 bridgehead atoms. The Hall–Kier alpha value is -0.900. The van der Waals surface area contributed by atoms with Crippen LogP contribution >= 0.6 is 0 Å². The second-order valence-corrected chi connectivity index (χ2v) is 5.82. The van der Waals surface area contributed by atoms with E-state index in [1.807, 2.05) is 25.1 Å². The standard InChI is InChI=1S/C17H26O3/c1-3-4-12-16(2,15-10-6-5-7-11-15)20-17(18)13-8-9-14-19-17/h5-7,10-11,18H,3-4,8-9,12-14H2,1-2H3. The number of hydrogen-bond donors (Lipinski definition) is 1. The Balaban J connectivity index is 2.18. The third kappa shape index (κ3) is 3.81. The fourth-order valence-corrected chi connectivity index (χ4v) is 2.75. The molecule has 20 heavy (non-hydrogen) atoms. The van der Waals surface area contributed by atoms with E-state index in [0.29, 0.717) is 13.0 Å². The second kappa shape index (κ2) is 6.70. The lowest BCUT2D eigenvalue weighted by Crippen LogP contribution is -2.45. The maximum atomic E-state index is 10.5. The number of aliphatic hydroxyl groups is 1. The summed E-state index contributed by atoms with van der Waals surface area (Å²) in [6.45, 7) is 4.78. The monoisotopic (exact) mass is 278 g/mol. The largest absolute Gasteiger partial charge is 0.343 e.